The van der Waals surface area contributed by atoms with Crippen LogP contribution in [0.15, 0.2) is 59.8 Å². The lowest BCUT2D eigenvalue weighted by atomic mass is 9.77. The zero-order valence-corrected chi connectivity index (χ0v) is 15.7. The fourth-order valence-corrected chi connectivity index (χ4v) is 4.17. The van der Waals surface area contributed by atoms with E-state index in [4.69, 9.17) is 11.6 Å². The van der Waals surface area contributed by atoms with E-state index in [2.05, 4.69) is 0 Å². The third-order valence-electron chi connectivity index (χ3n) is 5.29. The number of allylic oxidation sites excluding steroid dienone is 2. The first kappa shape index (κ1) is 18.4. The Morgan fingerprint density at radius 2 is 1.82 bits per heavy atom. The van der Waals surface area contributed by atoms with Crippen LogP contribution in [0.3, 0.4) is 0 Å². The maximum atomic E-state index is 13.1. The number of anilines is 1. The molecule has 1 amide bonds. The van der Waals surface area contributed by atoms with Crippen molar-refractivity contribution in [3.8, 4) is 0 Å². The number of Topliss-reactive ketones (excluding diaryl/α,β-unsaturated/α-hetero) is 1. The summed E-state index contributed by atoms with van der Waals surface area (Å²) in [4.78, 5) is 38.6. The van der Waals surface area contributed by atoms with Crippen molar-refractivity contribution in [3.05, 3.63) is 76.0 Å². The van der Waals surface area contributed by atoms with Crippen molar-refractivity contribution in [2.24, 2.45) is 0 Å². The molecule has 4 rings (SSSR count). The summed E-state index contributed by atoms with van der Waals surface area (Å²) >= 11 is 5.98. The Morgan fingerprint density at radius 3 is 2.54 bits per heavy atom. The van der Waals surface area contributed by atoms with Crippen molar-refractivity contribution in [2.75, 3.05) is 4.90 Å². The molecule has 2 aliphatic rings. The van der Waals surface area contributed by atoms with Crippen molar-refractivity contribution in [3.63, 3.8) is 0 Å². The van der Waals surface area contributed by atoms with Gasteiger partial charge in [0.2, 0.25) is 5.91 Å². The maximum absolute atomic E-state index is 13.1. The third kappa shape index (κ3) is 3.22. The summed E-state index contributed by atoms with van der Waals surface area (Å²) in [6.07, 6.45) is 1.84. The quantitative estimate of drug-likeness (QED) is 0.800. The minimum atomic E-state index is -1.31. The lowest BCUT2D eigenvalue weighted by Gasteiger charge is -2.38. The van der Waals surface area contributed by atoms with Crippen LogP contribution in [0.1, 0.15) is 47.5 Å². The molecule has 28 heavy (non-hydrogen) atoms. The van der Waals surface area contributed by atoms with Crippen LogP contribution in [0.25, 0.3) is 0 Å². The van der Waals surface area contributed by atoms with Gasteiger partial charge in [-0.05, 0) is 48.2 Å². The van der Waals surface area contributed by atoms with Gasteiger partial charge in [-0.1, -0.05) is 35.9 Å². The van der Waals surface area contributed by atoms with E-state index < -0.39 is 5.97 Å². The number of benzene rings is 2. The largest absolute Gasteiger partial charge is 0.545 e. The summed E-state index contributed by atoms with van der Waals surface area (Å²) in [6.45, 7) is 0. The molecule has 2 aromatic rings. The summed E-state index contributed by atoms with van der Waals surface area (Å²) in [5.41, 5.74) is 2.64. The molecule has 0 aromatic heterocycles. The summed E-state index contributed by atoms with van der Waals surface area (Å²) < 4.78 is 0. The smallest absolute Gasteiger partial charge is 0.232 e. The Balaban J connectivity index is 1.84. The molecule has 1 heterocycles. The first-order valence-electron chi connectivity index (χ1n) is 9.12. The van der Waals surface area contributed by atoms with Crippen LogP contribution in [0, 0.1) is 0 Å². The molecule has 0 radical (unpaired) electrons. The molecule has 142 valence electrons. The Bertz CT molecular complexity index is 1010. The van der Waals surface area contributed by atoms with E-state index in [1.54, 1.807) is 24.3 Å². The summed E-state index contributed by atoms with van der Waals surface area (Å²) in [7, 11) is 0. The van der Waals surface area contributed by atoms with Gasteiger partial charge in [0.05, 0.1) is 5.97 Å². The number of carboxylic acid groups (broad SMARTS) is 1. The highest BCUT2D eigenvalue weighted by atomic mass is 35.5. The topological polar surface area (TPSA) is 77.5 Å². The van der Waals surface area contributed by atoms with E-state index in [1.807, 2.05) is 12.1 Å². The molecule has 0 saturated heterocycles. The summed E-state index contributed by atoms with van der Waals surface area (Å²) in [6, 6.07) is 13.3. The molecule has 5 nitrogen and oxygen atoms in total. The first-order valence-corrected chi connectivity index (χ1v) is 9.49. The van der Waals surface area contributed by atoms with E-state index in [1.165, 1.54) is 17.0 Å². The average molecular weight is 395 g/mol. The number of halogens is 1. The molecule has 0 saturated carbocycles. The molecule has 0 N–H and O–H groups in total. The van der Waals surface area contributed by atoms with Crippen molar-refractivity contribution < 1.29 is 19.5 Å². The number of carboxylic acids is 1. The van der Waals surface area contributed by atoms with Gasteiger partial charge in [0, 0.05) is 40.7 Å². The van der Waals surface area contributed by atoms with Gasteiger partial charge in [-0.2, -0.15) is 0 Å². The second-order valence-electron chi connectivity index (χ2n) is 7.01. The molecular formula is C22H17ClNO4-. The van der Waals surface area contributed by atoms with Crippen LogP contribution < -0.4 is 10.0 Å². The van der Waals surface area contributed by atoms with E-state index in [0.717, 1.165) is 5.56 Å². The highest BCUT2D eigenvalue weighted by Crippen LogP contribution is 2.43. The SMILES string of the molecule is O=C1CCCC2=C1[C@H](c1ccc(Cl)cc1)CC(=O)N2c1cccc(C(=O)[O-])c1. The summed E-state index contributed by atoms with van der Waals surface area (Å²) in [5.74, 6) is -1.74. The van der Waals surface area contributed by atoms with Gasteiger partial charge >= 0.3 is 0 Å². The Hall–Kier alpha value is -2.92. The number of amides is 1. The van der Waals surface area contributed by atoms with Gasteiger partial charge in [0.25, 0.3) is 0 Å². The second kappa shape index (κ2) is 7.24. The molecule has 1 aliphatic carbocycles. The van der Waals surface area contributed by atoms with E-state index in [9.17, 15) is 19.5 Å². The first-order chi connectivity index (χ1) is 13.5. The van der Waals surface area contributed by atoms with Gasteiger partial charge in [-0.3, -0.25) is 14.5 Å². The zero-order chi connectivity index (χ0) is 19.8. The molecule has 1 atom stereocenters. The molecule has 0 unspecified atom stereocenters. The Labute approximate surface area is 167 Å². The van der Waals surface area contributed by atoms with Gasteiger partial charge in [0.15, 0.2) is 5.78 Å². The third-order valence-corrected chi connectivity index (χ3v) is 5.54. The molecular weight excluding hydrogens is 378 g/mol. The fraction of sp³-hybridized carbons (Fsp3) is 0.227. The normalized spacial score (nSPS) is 19.6. The minimum absolute atomic E-state index is 0.00518. The van der Waals surface area contributed by atoms with Crippen molar-refractivity contribution in [1.29, 1.82) is 0 Å². The van der Waals surface area contributed by atoms with Crippen LogP contribution in [0.5, 0.6) is 0 Å². The number of hydrogen-bond acceptors (Lipinski definition) is 4. The highest BCUT2D eigenvalue weighted by Gasteiger charge is 2.39. The van der Waals surface area contributed by atoms with Crippen molar-refractivity contribution in [1.82, 2.24) is 0 Å². The van der Waals surface area contributed by atoms with Gasteiger partial charge in [-0.25, -0.2) is 0 Å². The van der Waals surface area contributed by atoms with Crippen LogP contribution in [-0.2, 0) is 9.59 Å². The second-order valence-corrected chi connectivity index (χ2v) is 7.45. The zero-order valence-electron chi connectivity index (χ0n) is 15.0. The number of aromatic carboxylic acids is 1. The number of carbonyl (C=O) groups is 3. The molecule has 2 aromatic carbocycles. The number of hydrogen-bond donors (Lipinski definition) is 0. The van der Waals surface area contributed by atoms with Crippen LogP contribution in [-0.4, -0.2) is 17.7 Å². The fourth-order valence-electron chi connectivity index (χ4n) is 4.04. The molecule has 0 fully saturated rings. The molecule has 0 spiro atoms. The van der Waals surface area contributed by atoms with Gasteiger partial charge < -0.3 is 9.90 Å². The Kier molecular flexibility index (Phi) is 4.77. The lowest BCUT2D eigenvalue weighted by molar-refractivity contribution is -0.255. The van der Waals surface area contributed by atoms with Crippen molar-refractivity contribution >= 4 is 34.9 Å². The van der Waals surface area contributed by atoms with E-state index >= 15 is 0 Å². The molecule has 1 aliphatic heterocycles. The van der Waals surface area contributed by atoms with Crippen LogP contribution in [0.2, 0.25) is 5.02 Å². The number of carbonyl (C=O) groups excluding carboxylic acids is 3. The highest BCUT2D eigenvalue weighted by molar-refractivity contribution is 6.30. The lowest BCUT2D eigenvalue weighted by Crippen LogP contribution is -2.40. The van der Waals surface area contributed by atoms with E-state index in [-0.39, 0.29) is 29.6 Å². The molecule has 0 bridgehead atoms. The maximum Gasteiger partial charge on any atom is 0.232 e. The van der Waals surface area contributed by atoms with Crippen LogP contribution >= 0.6 is 11.6 Å². The standard InChI is InChI=1S/C22H18ClNO4/c23-15-9-7-13(8-10-15)17-12-20(26)24(18-5-2-6-19(25)21(17)18)16-4-1-3-14(11-16)22(27)28/h1,3-4,7-11,17H,2,5-6,12H2,(H,27,28)/p-1/t17-/m0/s1. The average Bonchev–Trinajstić information content (AvgIpc) is 2.68. The predicted molar refractivity (Wildman–Crippen MR) is 103 cm³/mol. The van der Waals surface area contributed by atoms with Crippen molar-refractivity contribution in [2.45, 2.75) is 31.6 Å². The Morgan fingerprint density at radius 1 is 1.07 bits per heavy atom. The van der Waals surface area contributed by atoms with E-state index in [0.29, 0.717) is 41.2 Å². The summed E-state index contributed by atoms with van der Waals surface area (Å²) in [5, 5.41) is 11.8. The predicted octanol–water partition coefficient (Wildman–Crippen LogP) is 3.23. The number of ketones is 1. The monoisotopic (exact) mass is 394 g/mol. The molecule has 6 heteroatoms. The van der Waals surface area contributed by atoms with Crippen LogP contribution in [0.4, 0.5) is 5.69 Å². The number of rotatable bonds is 3. The number of nitrogens with zero attached hydrogens (tertiary/aromatic N) is 1. The van der Waals surface area contributed by atoms with Gasteiger partial charge in [-0.15, -0.1) is 0 Å². The minimum Gasteiger partial charge on any atom is -0.545 e. The van der Waals surface area contributed by atoms with Gasteiger partial charge in [0.1, 0.15) is 0 Å².